The molecule has 9 heteroatoms. The number of carbonyl (C=O) groups is 1. The van der Waals surface area contributed by atoms with E-state index in [4.69, 9.17) is 4.74 Å². The molecule has 1 N–H and O–H groups in total. The Hall–Kier alpha value is -3.36. The maximum Gasteiger partial charge on any atom is 0.341 e. The van der Waals surface area contributed by atoms with Gasteiger partial charge in [0.2, 0.25) is 5.95 Å². The number of nitrogens with zero attached hydrogens (tertiary/aromatic N) is 5. The third kappa shape index (κ3) is 3.80. The van der Waals surface area contributed by atoms with E-state index >= 15 is 0 Å². The first-order valence-electron chi connectivity index (χ1n) is 9.50. The number of hydrogen-bond donors (Lipinski definition) is 1. The number of rotatable bonds is 7. The van der Waals surface area contributed by atoms with Gasteiger partial charge in [0.05, 0.1) is 36.5 Å². The predicted octanol–water partition coefficient (Wildman–Crippen LogP) is 2.91. The number of esters is 1. The number of carbonyl (C=O) groups excluding carboxylic acids is 1. The number of anilines is 1. The molecule has 0 aromatic carbocycles. The number of pyridine rings is 1. The minimum absolute atomic E-state index is 0.277. The monoisotopic (exact) mass is 396 g/mol. The Bertz CT molecular complexity index is 1000. The van der Waals surface area contributed by atoms with E-state index in [1.54, 1.807) is 37.8 Å². The Morgan fingerprint density at radius 1 is 1.28 bits per heavy atom. The molecule has 0 aliphatic heterocycles. The number of aromatic nitrogens is 5. The van der Waals surface area contributed by atoms with Crippen molar-refractivity contribution >= 4 is 11.9 Å². The molecule has 0 bridgehead atoms. The molecule has 0 spiro atoms. The summed E-state index contributed by atoms with van der Waals surface area (Å²) >= 11 is 0. The Kier molecular flexibility index (Phi) is 5.20. The molecule has 1 saturated carbocycles. The zero-order valence-electron chi connectivity index (χ0n) is 16.0. The van der Waals surface area contributed by atoms with Gasteiger partial charge in [0.1, 0.15) is 11.5 Å². The van der Waals surface area contributed by atoms with E-state index in [9.17, 15) is 9.18 Å². The van der Waals surface area contributed by atoms with Gasteiger partial charge in [-0.25, -0.2) is 23.8 Å². The zero-order chi connectivity index (χ0) is 20.3. The summed E-state index contributed by atoms with van der Waals surface area (Å²) in [6.45, 7) is 2.56. The Morgan fingerprint density at radius 2 is 2.07 bits per heavy atom. The molecule has 4 rings (SSSR count). The highest BCUT2D eigenvalue weighted by Crippen LogP contribution is 2.43. The van der Waals surface area contributed by atoms with Gasteiger partial charge in [0.15, 0.2) is 0 Å². The van der Waals surface area contributed by atoms with Crippen LogP contribution in [0.4, 0.5) is 10.3 Å². The van der Waals surface area contributed by atoms with Gasteiger partial charge in [-0.05, 0) is 31.9 Å². The van der Waals surface area contributed by atoms with Crippen LogP contribution in [0.25, 0.3) is 5.69 Å². The Labute approximate surface area is 167 Å². The van der Waals surface area contributed by atoms with Crippen LogP contribution in [0, 0.1) is 5.82 Å². The number of halogens is 1. The lowest BCUT2D eigenvalue weighted by Gasteiger charge is -2.41. The summed E-state index contributed by atoms with van der Waals surface area (Å²) < 4.78 is 20.7. The summed E-state index contributed by atoms with van der Waals surface area (Å²) in [5, 5.41) is 7.34. The molecule has 0 radical (unpaired) electrons. The fourth-order valence-corrected chi connectivity index (χ4v) is 3.44. The van der Waals surface area contributed by atoms with Gasteiger partial charge in [0.25, 0.3) is 0 Å². The van der Waals surface area contributed by atoms with Gasteiger partial charge in [-0.15, -0.1) is 0 Å². The predicted molar refractivity (Wildman–Crippen MR) is 103 cm³/mol. The van der Waals surface area contributed by atoms with Crippen molar-refractivity contribution in [3.05, 3.63) is 60.2 Å². The number of nitrogens with one attached hydrogen (secondary N) is 1. The van der Waals surface area contributed by atoms with E-state index in [-0.39, 0.29) is 11.2 Å². The number of ether oxygens (including phenoxy) is 1. The van der Waals surface area contributed by atoms with Crippen LogP contribution in [0.15, 0.2) is 43.1 Å². The first kappa shape index (κ1) is 19.0. The molecule has 0 saturated heterocycles. The topological polar surface area (TPSA) is 94.8 Å². The molecule has 29 heavy (non-hydrogen) atoms. The van der Waals surface area contributed by atoms with Gasteiger partial charge in [-0.3, -0.25) is 4.98 Å². The molecule has 1 aliphatic rings. The lowest BCUT2D eigenvalue weighted by molar-refractivity contribution is 0.0526. The van der Waals surface area contributed by atoms with E-state index < -0.39 is 5.97 Å². The second-order valence-corrected chi connectivity index (χ2v) is 6.98. The second-order valence-electron chi connectivity index (χ2n) is 6.98. The van der Waals surface area contributed by atoms with Gasteiger partial charge in [-0.2, -0.15) is 5.10 Å². The molecule has 0 atom stereocenters. The molecule has 1 fully saturated rings. The lowest BCUT2D eigenvalue weighted by atomic mass is 9.66. The normalized spacial score (nSPS) is 14.8. The third-order valence-corrected chi connectivity index (χ3v) is 5.15. The quantitative estimate of drug-likeness (QED) is 0.614. The summed E-state index contributed by atoms with van der Waals surface area (Å²) in [6, 6.07) is 3.05. The maximum atomic E-state index is 14.2. The van der Waals surface area contributed by atoms with Crippen molar-refractivity contribution < 1.29 is 13.9 Å². The van der Waals surface area contributed by atoms with Crippen molar-refractivity contribution in [1.82, 2.24) is 24.7 Å². The van der Waals surface area contributed by atoms with Crippen LogP contribution in [-0.4, -0.2) is 43.9 Å². The fraction of sp³-hybridized carbons (Fsp3) is 0.350. The minimum atomic E-state index is -0.425. The molecule has 0 amide bonds. The minimum Gasteiger partial charge on any atom is -0.462 e. The highest BCUT2D eigenvalue weighted by atomic mass is 19.1. The molecule has 150 valence electrons. The van der Waals surface area contributed by atoms with Crippen molar-refractivity contribution in [2.45, 2.75) is 31.6 Å². The lowest BCUT2D eigenvalue weighted by Crippen LogP contribution is -2.42. The SMILES string of the molecule is CCOC(=O)c1cnn(-c2cnc(NCC3(c4ncccc4F)CCC3)nc2)c1. The molecule has 3 aromatic heterocycles. The zero-order valence-corrected chi connectivity index (χ0v) is 16.0. The second kappa shape index (κ2) is 7.94. The summed E-state index contributed by atoms with van der Waals surface area (Å²) in [6.07, 6.45) is 10.6. The first-order chi connectivity index (χ1) is 14.1. The molecule has 8 nitrogen and oxygen atoms in total. The van der Waals surface area contributed by atoms with Crippen LogP contribution in [-0.2, 0) is 10.2 Å². The molecule has 3 aromatic rings. The van der Waals surface area contributed by atoms with Crippen molar-refractivity contribution in [2.24, 2.45) is 0 Å². The highest BCUT2D eigenvalue weighted by molar-refractivity contribution is 5.88. The summed E-state index contributed by atoms with van der Waals surface area (Å²) in [7, 11) is 0. The van der Waals surface area contributed by atoms with E-state index in [1.165, 1.54) is 16.9 Å². The Balaban J connectivity index is 1.44. The van der Waals surface area contributed by atoms with Crippen LogP contribution in [0.3, 0.4) is 0 Å². The van der Waals surface area contributed by atoms with Crippen molar-refractivity contribution in [3.8, 4) is 5.69 Å². The molecule has 1 aliphatic carbocycles. The van der Waals surface area contributed by atoms with E-state index in [0.717, 1.165) is 19.3 Å². The average Bonchev–Trinajstić information content (AvgIpc) is 3.19. The van der Waals surface area contributed by atoms with E-state index in [2.05, 4.69) is 25.4 Å². The van der Waals surface area contributed by atoms with Crippen molar-refractivity contribution in [2.75, 3.05) is 18.5 Å². The van der Waals surface area contributed by atoms with Gasteiger partial charge in [0, 0.05) is 24.4 Å². The molecular formula is C20H21FN6O2. The van der Waals surface area contributed by atoms with Crippen LogP contribution in [0.5, 0.6) is 0 Å². The fourth-order valence-electron chi connectivity index (χ4n) is 3.44. The standard InChI is InChI=1S/C20H21FN6O2/c1-2-29-18(28)14-9-26-27(12-14)15-10-23-19(24-11-15)25-13-20(6-4-7-20)17-16(21)5-3-8-22-17/h3,5,8-12H,2,4,6-7,13H2,1H3,(H,23,24,25). The molecule has 0 unspecified atom stereocenters. The van der Waals surface area contributed by atoms with Crippen LogP contribution in [0.1, 0.15) is 42.2 Å². The van der Waals surface area contributed by atoms with E-state index in [1.807, 2.05) is 0 Å². The average molecular weight is 396 g/mol. The van der Waals surface area contributed by atoms with Crippen LogP contribution < -0.4 is 5.32 Å². The molecule has 3 heterocycles. The van der Waals surface area contributed by atoms with Gasteiger partial charge >= 0.3 is 5.97 Å². The third-order valence-electron chi connectivity index (χ3n) is 5.15. The molecular weight excluding hydrogens is 375 g/mol. The van der Waals surface area contributed by atoms with E-state index in [0.29, 0.717) is 36.0 Å². The van der Waals surface area contributed by atoms with Crippen LogP contribution in [0.2, 0.25) is 0 Å². The van der Waals surface area contributed by atoms with Crippen molar-refractivity contribution in [3.63, 3.8) is 0 Å². The van der Waals surface area contributed by atoms with Gasteiger partial charge < -0.3 is 10.1 Å². The number of hydrogen-bond acceptors (Lipinski definition) is 7. The van der Waals surface area contributed by atoms with Gasteiger partial charge in [-0.1, -0.05) is 6.42 Å². The summed E-state index contributed by atoms with van der Waals surface area (Å²) in [5.41, 5.74) is 1.14. The van der Waals surface area contributed by atoms with Crippen LogP contribution >= 0.6 is 0 Å². The van der Waals surface area contributed by atoms with Crippen molar-refractivity contribution in [1.29, 1.82) is 0 Å². The Morgan fingerprint density at radius 3 is 2.72 bits per heavy atom. The summed E-state index contributed by atoms with van der Waals surface area (Å²) in [4.78, 5) is 24.6. The summed E-state index contributed by atoms with van der Waals surface area (Å²) in [5.74, 6) is -0.263. The highest BCUT2D eigenvalue weighted by Gasteiger charge is 2.41. The first-order valence-corrected chi connectivity index (χ1v) is 9.50. The maximum absolute atomic E-state index is 14.2. The largest absolute Gasteiger partial charge is 0.462 e. The smallest absolute Gasteiger partial charge is 0.341 e.